The van der Waals surface area contributed by atoms with Crippen LogP contribution in [0.4, 0.5) is 24.7 Å². The van der Waals surface area contributed by atoms with Gasteiger partial charge in [0.2, 0.25) is 0 Å². The van der Waals surface area contributed by atoms with Gasteiger partial charge < -0.3 is 10.1 Å². The van der Waals surface area contributed by atoms with Gasteiger partial charge in [0.25, 0.3) is 0 Å². The number of rotatable bonds is 5. The van der Waals surface area contributed by atoms with E-state index in [4.69, 9.17) is 0 Å². The molecule has 0 aliphatic carbocycles. The summed E-state index contributed by atoms with van der Waals surface area (Å²) in [6.45, 7) is -1.08. The molecular weight excluding hydrogens is 371 g/mol. The van der Waals surface area contributed by atoms with E-state index in [-0.39, 0.29) is 11.6 Å². The molecule has 142 valence electrons. The minimum atomic E-state index is -2.88. The number of alkyl halides is 2. The average molecular weight is 385 g/mol. The number of ether oxygens (including phenoxy) is 1. The summed E-state index contributed by atoms with van der Waals surface area (Å²) in [6.07, 6.45) is 3.06. The van der Waals surface area contributed by atoms with E-state index >= 15 is 0 Å². The summed E-state index contributed by atoms with van der Waals surface area (Å²) in [5.41, 5.74) is 1.84. The molecule has 0 fully saturated rings. The molecule has 0 radical (unpaired) electrons. The Morgan fingerprint density at radius 2 is 1.82 bits per heavy atom. The molecule has 6 nitrogen and oxygen atoms in total. The van der Waals surface area contributed by atoms with Crippen LogP contribution in [0.25, 0.3) is 16.9 Å². The van der Waals surface area contributed by atoms with Crippen molar-refractivity contribution < 1.29 is 17.9 Å². The molecule has 0 bridgehead atoms. The molecule has 0 aliphatic rings. The highest BCUT2D eigenvalue weighted by molar-refractivity contribution is 5.78. The first kappa shape index (κ1) is 17.8. The van der Waals surface area contributed by atoms with Crippen LogP contribution in [-0.2, 0) is 0 Å². The highest BCUT2D eigenvalue weighted by Gasteiger charge is 2.12. The van der Waals surface area contributed by atoms with Crippen LogP contribution in [0.15, 0.2) is 54.9 Å². The van der Waals surface area contributed by atoms with Gasteiger partial charge in [-0.3, -0.25) is 9.55 Å². The highest BCUT2D eigenvalue weighted by Crippen LogP contribution is 2.23. The van der Waals surface area contributed by atoms with E-state index in [0.29, 0.717) is 34.2 Å². The molecule has 0 amide bonds. The maximum Gasteiger partial charge on any atom is 0.387 e. The Labute approximate surface area is 157 Å². The van der Waals surface area contributed by atoms with Crippen molar-refractivity contribution >= 4 is 22.5 Å². The lowest BCUT2D eigenvalue weighted by Crippen LogP contribution is -2.04. The van der Waals surface area contributed by atoms with E-state index in [1.54, 1.807) is 35.9 Å². The van der Waals surface area contributed by atoms with Gasteiger partial charge in [0.15, 0.2) is 11.6 Å². The first-order valence-corrected chi connectivity index (χ1v) is 8.28. The van der Waals surface area contributed by atoms with Gasteiger partial charge in [-0.1, -0.05) is 0 Å². The lowest BCUT2D eigenvalue weighted by molar-refractivity contribution is -0.0498. The van der Waals surface area contributed by atoms with Crippen LogP contribution in [0.3, 0.4) is 0 Å². The Morgan fingerprint density at radius 1 is 1.04 bits per heavy atom. The molecule has 1 N–H and O–H groups in total. The van der Waals surface area contributed by atoms with Crippen molar-refractivity contribution in [3.8, 4) is 11.6 Å². The zero-order valence-electron chi connectivity index (χ0n) is 14.6. The fourth-order valence-electron chi connectivity index (χ4n) is 2.85. The Kier molecular flexibility index (Phi) is 4.56. The number of anilines is 2. The van der Waals surface area contributed by atoms with Gasteiger partial charge in [-0.25, -0.2) is 14.4 Å². The predicted octanol–water partition coefficient (Wildman–Crippen LogP) is 4.61. The molecule has 0 saturated carbocycles. The third-order valence-corrected chi connectivity index (χ3v) is 3.99. The number of benzene rings is 2. The Morgan fingerprint density at radius 3 is 2.57 bits per heavy atom. The number of aryl methyl sites for hydroxylation is 1. The molecule has 2 aromatic carbocycles. The third kappa shape index (κ3) is 3.59. The van der Waals surface area contributed by atoms with Crippen LogP contribution in [0.2, 0.25) is 0 Å². The minimum absolute atomic E-state index is 0.0583. The standard InChI is InChI=1S/C19H14F3N5O/c1-11-24-15-7-2-12(20)8-16(15)27(11)18-10-23-9-17(26-18)25-13-3-5-14(6-4-13)28-19(21)22/h2-10,19H,1H3,(H,25,26). The summed E-state index contributed by atoms with van der Waals surface area (Å²) >= 11 is 0. The van der Waals surface area contributed by atoms with Gasteiger partial charge in [0.05, 0.1) is 23.4 Å². The fourth-order valence-corrected chi connectivity index (χ4v) is 2.85. The summed E-state index contributed by atoms with van der Waals surface area (Å²) in [7, 11) is 0. The van der Waals surface area contributed by atoms with Crippen LogP contribution >= 0.6 is 0 Å². The monoisotopic (exact) mass is 385 g/mol. The predicted molar refractivity (Wildman–Crippen MR) is 97.7 cm³/mol. The van der Waals surface area contributed by atoms with Crippen molar-refractivity contribution in [3.05, 3.63) is 66.5 Å². The molecule has 0 aliphatic heterocycles. The van der Waals surface area contributed by atoms with Gasteiger partial charge >= 0.3 is 6.61 Å². The van der Waals surface area contributed by atoms with Gasteiger partial charge in [-0.15, -0.1) is 0 Å². The molecule has 28 heavy (non-hydrogen) atoms. The number of nitrogens with zero attached hydrogens (tertiary/aromatic N) is 4. The van der Waals surface area contributed by atoms with E-state index in [0.717, 1.165) is 0 Å². The van der Waals surface area contributed by atoms with Crippen LogP contribution < -0.4 is 10.1 Å². The molecule has 4 rings (SSSR count). The van der Waals surface area contributed by atoms with Crippen LogP contribution in [0.5, 0.6) is 5.75 Å². The molecule has 2 heterocycles. The number of nitrogens with one attached hydrogen (secondary N) is 1. The molecule has 2 aromatic heterocycles. The Bertz CT molecular complexity index is 1130. The first-order chi connectivity index (χ1) is 13.5. The third-order valence-electron chi connectivity index (χ3n) is 3.99. The molecule has 4 aromatic rings. The summed E-state index contributed by atoms with van der Waals surface area (Å²) in [5.74, 6) is 1.22. The highest BCUT2D eigenvalue weighted by atomic mass is 19.3. The van der Waals surface area contributed by atoms with Gasteiger partial charge in [-0.2, -0.15) is 8.78 Å². The number of halogens is 3. The summed E-state index contributed by atoms with van der Waals surface area (Å²) < 4.78 is 44.2. The number of imidazole rings is 1. The number of hydrogen-bond donors (Lipinski definition) is 1. The summed E-state index contributed by atoms with van der Waals surface area (Å²) in [6, 6.07) is 10.3. The molecule has 0 atom stereocenters. The minimum Gasteiger partial charge on any atom is -0.435 e. The van der Waals surface area contributed by atoms with Crippen LogP contribution in [0.1, 0.15) is 5.82 Å². The fraction of sp³-hybridized carbons (Fsp3) is 0.105. The van der Waals surface area contributed by atoms with E-state index in [9.17, 15) is 13.2 Å². The Balaban J connectivity index is 1.64. The number of aromatic nitrogens is 4. The largest absolute Gasteiger partial charge is 0.435 e. The summed E-state index contributed by atoms with van der Waals surface area (Å²) in [4.78, 5) is 13.1. The van der Waals surface area contributed by atoms with Crippen molar-refractivity contribution in [3.63, 3.8) is 0 Å². The zero-order chi connectivity index (χ0) is 19.7. The second kappa shape index (κ2) is 7.18. The van der Waals surface area contributed by atoms with Crippen molar-refractivity contribution in [1.82, 2.24) is 19.5 Å². The van der Waals surface area contributed by atoms with E-state index in [2.05, 4.69) is 25.0 Å². The lowest BCUT2D eigenvalue weighted by Gasteiger charge is -2.10. The molecule has 0 unspecified atom stereocenters. The van der Waals surface area contributed by atoms with Crippen molar-refractivity contribution in [2.45, 2.75) is 13.5 Å². The number of hydrogen-bond acceptors (Lipinski definition) is 5. The molecule has 0 saturated heterocycles. The first-order valence-electron chi connectivity index (χ1n) is 8.28. The van der Waals surface area contributed by atoms with Gasteiger partial charge in [-0.05, 0) is 43.3 Å². The maximum atomic E-state index is 13.7. The van der Waals surface area contributed by atoms with Crippen molar-refractivity contribution in [2.75, 3.05) is 5.32 Å². The molecular formula is C19H14F3N5O. The maximum absolute atomic E-state index is 13.7. The lowest BCUT2D eigenvalue weighted by atomic mass is 10.3. The van der Waals surface area contributed by atoms with Gasteiger partial charge in [0.1, 0.15) is 17.4 Å². The second-order valence-corrected chi connectivity index (χ2v) is 5.92. The zero-order valence-corrected chi connectivity index (χ0v) is 14.6. The quantitative estimate of drug-likeness (QED) is 0.544. The number of fused-ring (bicyclic) bond motifs is 1. The van der Waals surface area contributed by atoms with Crippen LogP contribution in [0, 0.1) is 12.7 Å². The molecule has 9 heteroatoms. The van der Waals surface area contributed by atoms with E-state index in [1.165, 1.54) is 30.5 Å². The van der Waals surface area contributed by atoms with Gasteiger partial charge in [0, 0.05) is 11.8 Å². The average Bonchev–Trinajstić information content (AvgIpc) is 2.98. The van der Waals surface area contributed by atoms with Crippen LogP contribution in [-0.4, -0.2) is 26.1 Å². The van der Waals surface area contributed by atoms with E-state index < -0.39 is 6.61 Å². The molecule has 0 spiro atoms. The summed E-state index contributed by atoms with van der Waals surface area (Å²) in [5, 5.41) is 3.04. The SMILES string of the molecule is Cc1nc2ccc(F)cc2n1-c1cncc(Nc2ccc(OC(F)F)cc2)n1. The van der Waals surface area contributed by atoms with Crippen molar-refractivity contribution in [1.29, 1.82) is 0 Å². The Hall–Kier alpha value is -3.62. The normalized spacial score (nSPS) is 11.2. The smallest absolute Gasteiger partial charge is 0.387 e. The van der Waals surface area contributed by atoms with Crippen molar-refractivity contribution in [2.24, 2.45) is 0 Å². The van der Waals surface area contributed by atoms with E-state index in [1.807, 2.05) is 0 Å². The topological polar surface area (TPSA) is 64.9 Å². The second-order valence-electron chi connectivity index (χ2n) is 5.92.